The van der Waals surface area contributed by atoms with Crippen LogP contribution in [0.2, 0.25) is 0 Å². The highest BCUT2D eigenvalue weighted by Crippen LogP contribution is 2.29. The largest absolute Gasteiger partial charge is 0.445 e. The molecule has 13 heteroatoms. The Morgan fingerprint density at radius 3 is 2.36 bits per heavy atom. The van der Waals surface area contributed by atoms with Crippen LogP contribution in [-0.2, 0) is 30.9 Å². The lowest BCUT2D eigenvalue weighted by molar-refractivity contribution is -0.122. The van der Waals surface area contributed by atoms with E-state index in [4.69, 9.17) is 9.47 Å². The summed E-state index contributed by atoms with van der Waals surface area (Å²) in [5, 5.41) is 0. The Kier molecular flexibility index (Phi) is 9.66. The highest BCUT2D eigenvalue weighted by atomic mass is 32.2. The Hall–Kier alpha value is -4.78. The molecule has 0 radical (unpaired) electrons. The average Bonchev–Trinajstić information content (AvgIpc) is 3.67. The van der Waals surface area contributed by atoms with Crippen molar-refractivity contribution in [1.29, 1.82) is 0 Å². The van der Waals surface area contributed by atoms with Gasteiger partial charge in [-0.1, -0.05) is 61.4 Å². The third-order valence-electron chi connectivity index (χ3n) is 7.97. The normalized spacial score (nSPS) is 16.7. The second-order valence-corrected chi connectivity index (χ2v) is 14.4. The number of carbonyl (C=O) groups excluding carboxylic acids is 3. The van der Waals surface area contributed by atoms with Gasteiger partial charge in [0.25, 0.3) is 10.0 Å². The molecule has 12 nitrogen and oxygen atoms in total. The SMILES string of the molecule is CC[C@@H]1CN(C(=O)OCc2ccccc2)C[C@@H]1C(=O)CN(C(=O)OC(C)(C)C)c1cnc2c(ccn2S(=O)(=O)c2ccc(C)cc2)n1. The lowest BCUT2D eigenvalue weighted by Gasteiger charge is -2.27. The first kappa shape index (κ1) is 33.6. The molecule has 1 fully saturated rings. The second-order valence-electron chi connectivity index (χ2n) is 12.6. The van der Waals surface area contributed by atoms with Gasteiger partial charge in [-0.2, -0.15) is 0 Å². The quantitative estimate of drug-likeness (QED) is 0.225. The Labute approximate surface area is 274 Å². The number of Topliss-reactive ketones (excluding diaryl/α,β-unsaturated/α-hetero) is 1. The smallest absolute Gasteiger partial charge is 0.416 e. The molecule has 2 aromatic carbocycles. The van der Waals surface area contributed by atoms with Gasteiger partial charge in [-0.15, -0.1) is 0 Å². The molecule has 0 unspecified atom stereocenters. The number of hydrogen-bond acceptors (Lipinski definition) is 9. The summed E-state index contributed by atoms with van der Waals surface area (Å²) in [7, 11) is -3.97. The standard InChI is InChI=1S/C34H39N5O7S/c1-6-25-19-37(32(41)45-22-24-10-8-7-9-11-24)20-27(25)29(40)21-38(33(42)46-34(3,4)5)30-18-35-31-28(36-30)16-17-39(31)47(43,44)26-14-12-23(2)13-15-26/h7-18,25,27H,6,19-22H2,1-5H3/t25-,27+/m1/s1. The summed E-state index contributed by atoms with van der Waals surface area (Å²) in [5.74, 6) is -0.938. The minimum absolute atomic E-state index is 0.0238. The predicted octanol–water partition coefficient (Wildman–Crippen LogP) is 5.58. The van der Waals surface area contributed by atoms with E-state index in [9.17, 15) is 22.8 Å². The maximum atomic E-state index is 13.8. The van der Waals surface area contributed by atoms with Crippen LogP contribution in [0.3, 0.4) is 0 Å². The summed E-state index contributed by atoms with van der Waals surface area (Å²) in [6.07, 6.45) is 1.92. The zero-order valence-electron chi connectivity index (χ0n) is 27.1. The molecule has 0 spiro atoms. The number of ether oxygens (including phenoxy) is 2. The molecule has 47 heavy (non-hydrogen) atoms. The number of fused-ring (bicyclic) bond motifs is 1. The van der Waals surface area contributed by atoms with Crippen molar-refractivity contribution < 1.29 is 32.3 Å². The van der Waals surface area contributed by atoms with Crippen LogP contribution in [0.4, 0.5) is 15.4 Å². The Morgan fingerprint density at radius 1 is 1.00 bits per heavy atom. The zero-order chi connectivity index (χ0) is 33.9. The number of likely N-dealkylation sites (tertiary alicyclic amines) is 1. The van der Waals surface area contributed by atoms with Crippen LogP contribution in [0.15, 0.2) is 78.0 Å². The van der Waals surface area contributed by atoms with Crippen molar-refractivity contribution in [2.75, 3.05) is 24.5 Å². The van der Waals surface area contributed by atoms with Crippen LogP contribution in [-0.4, -0.2) is 70.5 Å². The fourth-order valence-corrected chi connectivity index (χ4v) is 6.76. The topological polar surface area (TPSA) is 141 Å². The maximum Gasteiger partial charge on any atom is 0.416 e. The summed E-state index contributed by atoms with van der Waals surface area (Å²) >= 11 is 0. The van der Waals surface area contributed by atoms with Gasteiger partial charge in [-0.3, -0.25) is 9.69 Å². The molecule has 4 aromatic rings. The van der Waals surface area contributed by atoms with E-state index in [1.165, 1.54) is 35.5 Å². The molecule has 1 saturated heterocycles. The van der Waals surface area contributed by atoms with Gasteiger partial charge in [0.1, 0.15) is 17.7 Å². The fraction of sp³-hybridized carbons (Fsp3) is 0.382. The van der Waals surface area contributed by atoms with E-state index in [-0.39, 0.29) is 53.3 Å². The number of aryl methyl sites for hydroxylation is 1. The fourth-order valence-electron chi connectivity index (χ4n) is 5.46. The third-order valence-corrected chi connectivity index (χ3v) is 9.65. The van der Waals surface area contributed by atoms with Gasteiger partial charge in [-0.05, 0) is 57.4 Å². The number of aromatic nitrogens is 3. The number of rotatable bonds is 9. The first-order chi connectivity index (χ1) is 22.3. The first-order valence-corrected chi connectivity index (χ1v) is 16.9. The molecule has 248 valence electrons. The Balaban J connectivity index is 1.38. The molecule has 2 atom stereocenters. The van der Waals surface area contributed by atoms with Crippen molar-refractivity contribution in [2.45, 2.75) is 58.1 Å². The van der Waals surface area contributed by atoms with Crippen LogP contribution in [0.1, 0.15) is 45.2 Å². The van der Waals surface area contributed by atoms with E-state index in [1.54, 1.807) is 32.9 Å². The molecule has 2 aromatic heterocycles. The van der Waals surface area contributed by atoms with Gasteiger partial charge in [0, 0.05) is 25.2 Å². The van der Waals surface area contributed by atoms with Crippen LogP contribution >= 0.6 is 0 Å². The first-order valence-electron chi connectivity index (χ1n) is 15.4. The summed E-state index contributed by atoms with van der Waals surface area (Å²) < 4.78 is 38.9. The van der Waals surface area contributed by atoms with E-state index >= 15 is 0 Å². The molecule has 1 aliphatic rings. The van der Waals surface area contributed by atoms with Crippen LogP contribution in [0.5, 0.6) is 0 Å². The maximum absolute atomic E-state index is 13.8. The lowest BCUT2D eigenvalue weighted by atomic mass is 9.90. The predicted molar refractivity (Wildman–Crippen MR) is 175 cm³/mol. The van der Waals surface area contributed by atoms with Crippen molar-refractivity contribution in [3.63, 3.8) is 0 Å². The third kappa shape index (κ3) is 7.62. The van der Waals surface area contributed by atoms with Crippen molar-refractivity contribution in [3.8, 4) is 0 Å². The summed E-state index contributed by atoms with van der Waals surface area (Å²) in [4.78, 5) is 51.8. The van der Waals surface area contributed by atoms with Gasteiger partial charge in [0.05, 0.1) is 17.6 Å². The Morgan fingerprint density at radius 2 is 1.70 bits per heavy atom. The molecule has 5 rings (SSSR count). The molecule has 2 amide bonds. The minimum atomic E-state index is -3.97. The molecule has 1 aliphatic heterocycles. The number of hydrogen-bond donors (Lipinski definition) is 0. The summed E-state index contributed by atoms with van der Waals surface area (Å²) in [5.41, 5.74) is 1.17. The average molecular weight is 662 g/mol. The van der Waals surface area contributed by atoms with Crippen LogP contribution in [0, 0.1) is 18.8 Å². The van der Waals surface area contributed by atoms with Crippen molar-refractivity contribution in [2.24, 2.45) is 11.8 Å². The van der Waals surface area contributed by atoms with Crippen LogP contribution < -0.4 is 4.90 Å². The van der Waals surface area contributed by atoms with E-state index in [2.05, 4.69) is 9.97 Å². The molecular formula is C34H39N5O7S. The minimum Gasteiger partial charge on any atom is -0.445 e. The van der Waals surface area contributed by atoms with Crippen molar-refractivity contribution in [1.82, 2.24) is 18.8 Å². The van der Waals surface area contributed by atoms with Crippen molar-refractivity contribution in [3.05, 3.63) is 84.2 Å². The second kappa shape index (κ2) is 13.5. The van der Waals surface area contributed by atoms with Crippen molar-refractivity contribution >= 4 is 45.0 Å². The van der Waals surface area contributed by atoms with Gasteiger partial charge in [-0.25, -0.2) is 31.9 Å². The van der Waals surface area contributed by atoms with E-state index in [1.807, 2.05) is 44.2 Å². The molecule has 0 aliphatic carbocycles. The monoisotopic (exact) mass is 661 g/mol. The van der Waals surface area contributed by atoms with E-state index in [0.29, 0.717) is 13.0 Å². The van der Waals surface area contributed by atoms with E-state index in [0.717, 1.165) is 20.0 Å². The number of carbonyl (C=O) groups is 3. The molecule has 3 heterocycles. The number of ketones is 1. The number of amides is 2. The Bertz CT molecular complexity index is 1870. The number of anilines is 1. The molecule has 0 N–H and O–H groups in total. The summed E-state index contributed by atoms with van der Waals surface area (Å²) in [6, 6.07) is 17.3. The molecule has 0 bridgehead atoms. The number of nitrogens with zero attached hydrogens (tertiary/aromatic N) is 5. The van der Waals surface area contributed by atoms with Gasteiger partial charge in [0.2, 0.25) is 0 Å². The summed E-state index contributed by atoms with van der Waals surface area (Å²) in [6.45, 7) is 9.17. The van der Waals surface area contributed by atoms with Gasteiger partial charge < -0.3 is 14.4 Å². The molecular weight excluding hydrogens is 622 g/mol. The van der Waals surface area contributed by atoms with Crippen LogP contribution in [0.25, 0.3) is 11.2 Å². The van der Waals surface area contributed by atoms with Gasteiger partial charge >= 0.3 is 12.2 Å². The zero-order valence-corrected chi connectivity index (χ0v) is 27.9. The highest BCUT2D eigenvalue weighted by molar-refractivity contribution is 7.90. The number of benzene rings is 2. The highest BCUT2D eigenvalue weighted by Gasteiger charge is 2.40. The lowest BCUT2D eigenvalue weighted by Crippen LogP contribution is -2.43. The van der Waals surface area contributed by atoms with E-state index < -0.39 is 33.7 Å². The molecule has 0 saturated carbocycles. The van der Waals surface area contributed by atoms with Gasteiger partial charge in [0.15, 0.2) is 17.2 Å².